The first-order valence-corrected chi connectivity index (χ1v) is 9.42. The maximum atomic E-state index is 12.6. The van der Waals surface area contributed by atoms with Crippen LogP contribution in [0.15, 0.2) is 64.3 Å². The average Bonchev–Trinajstić information content (AvgIpc) is 3.05. The van der Waals surface area contributed by atoms with Gasteiger partial charge in [0.05, 0.1) is 18.0 Å². The van der Waals surface area contributed by atoms with Crippen molar-refractivity contribution in [2.24, 2.45) is 0 Å². The molecule has 0 saturated carbocycles. The Morgan fingerprint density at radius 3 is 2.44 bits per heavy atom. The minimum atomic E-state index is -3.81. The van der Waals surface area contributed by atoms with Gasteiger partial charge in [0.15, 0.2) is 0 Å². The molecular weight excluding hydrogens is 394 g/mol. The quantitative estimate of drug-likeness (QED) is 0.594. The molecule has 27 heavy (non-hydrogen) atoms. The van der Waals surface area contributed by atoms with Crippen LogP contribution in [-0.2, 0) is 9.84 Å². The summed E-state index contributed by atoms with van der Waals surface area (Å²) in [6.07, 6.45) is 0. The van der Waals surface area contributed by atoms with E-state index in [-0.39, 0.29) is 40.3 Å². The second-order valence-corrected chi connectivity index (χ2v) is 7.45. The number of halogens is 1. The van der Waals surface area contributed by atoms with Crippen molar-refractivity contribution in [3.63, 3.8) is 0 Å². The van der Waals surface area contributed by atoms with E-state index in [1.165, 1.54) is 0 Å². The van der Waals surface area contributed by atoms with Crippen molar-refractivity contribution < 1.29 is 22.7 Å². The third-order valence-electron chi connectivity index (χ3n) is 3.71. The number of aromatic nitrogens is 2. The van der Waals surface area contributed by atoms with Gasteiger partial charge >= 0.3 is 5.03 Å². The van der Waals surface area contributed by atoms with Gasteiger partial charge < -0.3 is 15.3 Å². The van der Waals surface area contributed by atoms with Gasteiger partial charge in [-0.2, -0.15) is 0 Å². The van der Waals surface area contributed by atoms with Crippen molar-refractivity contribution in [1.29, 1.82) is 0 Å². The summed E-state index contributed by atoms with van der Waals surface area (Å²) in [5, 5.41) is 17.9. The van der Waals surface area contributed by atoms with E-state index in [0.717, 1.165) is 5.69 Å². The van der Waals surface area contributed by atoms with Crippen molar-refractivity contribution >= 4 is 27.9 Å². The molecule has 0 atom stereocenters. The highest BCUT2D eigenvalue weighted by Gasteiger charge is 2.32. The molecule has 1 aromatic heterocycles. The fraction of sp³-hybridized carbons (Fsp3) is 0.176. The Hall–Kier alpha value is -2.78. The Morgan fingerprint density at radius 1 is 1.15 bits per heavy atom. The van der Waals surface area contributed by atoms with Gasteiger partial charge in [-0.1, -0.05) is 30.3 Å². The lowest BCUT2D eigenvalue weighted by Crippen LogP contribution is -2.26. The highest BCUT2D eigenvalue weighted by atomic mass is 35.5. The average molecular weight is 412 g/mol. The molecule has 0 bridgehead atoms. The van der Waals surface area contributed by atoms with Crippen molar-refractivity contribution in [3.05, 3.63) is 59.8 Å². The van der Waals surface area contributed by atoms with E-state index < -0.39 is 9.84 Å². The van der Waals surface area contributed by atoms with Crippen LogP contribution in [0.25, 0.3) is 11.3 Å². The molecule has 3 aromatic rings. The summed E-state index contributed by atoms with van der Waals surface area (Å²) in [7, 11) is -2.25. The van der Waals surface area contributed by atoms with Crippen molar-refractivity contribution in [2.75, 3.05) is 24.7 Å². The summed E-state index contributed by atoms with van der Waals surface area (Å²) in [4.78, 5) is 0.110. The molecule has 0 aliphatic carbocycles. The van der Waals surface area contributed by atoms with Crippen LogP contribution in [0.3, 0.4) is 0 Å². The summed E-state index contributed by atoms with van der Waals surface area (Å²) < 4.78 is 34.8. The van der Waals surface area contributed by atoms with Crippen LogP contribution in [0, 0.1) is 5.21 Å². The second-order valence-electron chi connectivity index (χ2n) is 5.42. The number of hydrogen-bond acceptors (Lipinski definition) is 7. The van der Waals surface area contributed by atoms with E-state index in [1.54, 1.807) is 61.7 Å². The fourth-order valence-electron chi connectivity index (χ4n) is 2.40. The lowest BCUT2D eigenvalue weighted by molar-refractivity contribution is -0.793. The van der Waals surface area contributed by atoms with Crippen molar-refractivity contribution in [1.82, 2.24) is 5.16 Å². The molecule has 0 amide bonds. The summed E-state index contributed by atoms with van der Waals surface area (Å²) >= 11 is 0. The van der Waals surface area contributed by atoms with Gasteiger partial charge in [-0.05, 0) is 29.2 Å². The van der Waals surface area contributed by atoms with Gasteiger partial charge in [0, 0.05) is 17.8 Å². The van der Waals surface area contributed by atoms with Crippen LogP contribution < -0.4 is 15.0 Å². The predicted molar refractivity (Wildman–Crippen MR) is 102 cm³/mol. The standard InChI is InChI=1S/C17H17N3O5S.ClH/c1-24-15-9-7-14(8-10-15)18-11-12-26(22,23)17-16(20(21)25-19-17)13-5-3-2-4-6-13;/h2-10,18H,11-12H2,1H3;1H. The lowest BCUT2D eigenvalue weighted by Gasteiger charge is -2.06. The molecule has 0 fully saturated rings. The van der Waals surface area contributed by atoms with E-state index in [1.807, 2.05) is 0 Å². The normalized spacial score (nSPS) is 10.9. The Kier molecular flexibility index (Phi) is 6.65. The summed E-state index contributed by atoms with van der Waals surface area (Å²) in [6, 6.07) is 15.5. The first kappa shape index (κ1) is 20.5. The van der Waals surface area contributed by atoms with E-state index in [4.69, 9.17) is 4.74 Å². The molecule has 0 aliphatic rings. The Bertz CT molecular complexity index is 976. The topological polar surface area (TPSA) is 108 Å². The number of benzene rings is 2. The predicted octanol–water partition coefficient (Wildman–Crippen LogP) is 2.29. The molecule has 0 radical (unpaired) electrons. The van der Waals surface area contributed by atoms with E-state index in [2.05, 4.69) is 15.1 Å². The van der Waals surface area contributed by atoms with Gasteiger partial charge in [0.1, 0.15) is 5.75 Å². The largest absolute Gasteiger partial charge is 0.497 e. The number of hydrogen-bond donors (Lipinski definition) is 1. The molecule has 1 heterocycles. The molecule has 2 aromatic carbocycles. The number of methoxy groups -OCH3 is 1. The first-order chi connectivity index (χ1) is 12.5. The SMILES string of the molecule is COc1ccc(NCCS(=O)(=O)c2no[n+]([O-])c2-c2ccccc2)cc1.Cl. The number of ether oxygens (including phenoxy) is 1. The second kappa shape index (κ2) is 8.74. The highest BCUT2D eigenvalue weighted by molar-refractivity contribution is 7.91. The fourth-order valence-corrected chi connectivity index (χ4v) is 3.60. The third kappa shape index (κ3) is 4.69. The molecule has 0 unspecified atom stereocenters. The number of rotatable bonds is 7. The Labute approximate surface area is 162 Å². The number of nitrogens with zero attached hydrogens (tertiary/aromatic N) is 2. The van der Waals surface area contributed by atoms with E-state index >= 15 is 0 Å². The van der Waals surface area contributed by atoms with Crippen LogP contribution in [0.4, 0.5) is 5.69 Å². The van der Waals surface area contributed by atoms with Gasteiger partial charge in [0.25, 0.3) is 0 Å². The molecule has 8 nitrogen and oxygen atoms in total. The van der Waals surface area contributed by atoms with Crippen LogP contribution in [0.1, 0.15) is 0 Å². The number of nitrogens with one attached hydrogen (secondary N) is 1. The van der Waals surface area contributed by atoms with E-state index in [9.17, 15) is 13.6 Å². The molecule has 1 N–H and O–H groups in total. The molecule has 0 saturated heterocycles. The highest BCUT2D eigenvalue weighted by Crippen LogP contribution is 2.23. The van der Waals surface area contributed by atoms with Crippen LogP contribution in [-0.4, -0.2) is 33.0 Å². The van der Waals surface area contributed by atoms with Gasteiger partial charge in [-0.3, -0.25) is 4.63 Å². The maximum Gasteiger partial charge on any atom is 0.339 e. The van der Waals surface area contributed by atoms with Crippen LogP contribution in [0.5, 0.6) is 5.75 Å². The lowest BCUT2D eigenvalue weighted by atomic mass is 10.2. The molecule has 0 aliphatic heterocycles. The zero-order valence-electron chi connectivity index (χ0n) is 14.4. The monoisotopic (exact) mass is 411 g/mol. The van der Waals surface area contributed by atoms with Gasteiger partial charge in [-0.25, -0.2) is 8.42 Å². The van der Waals surface area contributed by atoms with Crippen molar-refractivity contribution in [2.45, 2.75) is 5.03 Å². The Morgan fingerprint density at radius 2 is 1.81 bits per heavy atom. The van der Waals surface area contributed by atoms with Crippen molar-refractivity contribution in [3.8, 4) is 17.0 Å². The van der Waals surface area contributed by atoms with Gasteiger partial charge in [-0.15, -0.1) is 12.4 Å². The minimum absolute atomic E-state index is 0. The van der Waals surface area contributed by atoms with Crippen LogP contribution in [0.2, 0.25) is 0 Å². The summed E-state index contributed by atoms with van der Waals surface area (Å²) in [6.45, 7) is 0.147. The van der Waals surface area contributed by atoms with Crippen LogP contribution >= 0.6 is 12.4 Å². The molecular formula is C17H18ClN3O5S. The molecule has 0 spiro atoms. The molecule has 10 heteroatoms. The van der Waals surface area contributed by atoms with Gasteiger partial charge in [0.2, 0.25) is 15.5 Å². The number of anilines is 1. The smallest absolute Gasteiger partial charge is 0.339 e. The summed E-state index contributed by atoms with van der Waals surface area (Å²) in [5.74, 6) is 0.462. The molecule has 144 valence electrons. The van der Waals surface area contributed by atoms with E-state index in [0.29, 0.717) is 11.3 Å². The summed E-state index contributed by atoms with van der Waals surface area (Å²) in [5.41, 5.74) is 1.06. The molecule has 3 rings (SSSR count). The Balaban J connectivity index is 0.00000261. The zero-order chi connectivity index (χ0) is 18.6. The number of sulfone groups is 1. The maximum absolute atomic E-state index is 12.6. The zero-order valence-corrected chi connectivity index (χ0v) is 16.0. The first-order valence-electron chi connectivity index (χ1n) is 7.77. The third-order valence-corrected chi connectivity index (χ3v) is 5.31. The minimum Gasteiger partial charge on any atom is -0.497 e.